The Kier molecular flexibility index (Phi) is 3.95. The van der Waals surface area contributed by atoms with Gasteiger partial charge < -0.3 is 15.4 Å². The van der Waals surface area contributed by atoms with Crippen LogP contribution in [0.15, 0.2) is 53.5 Å². The lowest BCUT2D eigenvalue weighted by Gasteiger charge is -2.14. The first kappa shape index (κ1) is 13.5. The molecule has 0 saturated heterocycles. The Morgan fingerprint density at radius 2 is 1.80 bits per heavy atom. The van der Waals surface area contributed by atoms with Gasteiger partial charge in [-0.2, -0.15) is 0 Å². The smallest absolute Gasteiger partial charge is 0.330 e. The predicted molar refractivity (Wildman–Crippen MR) is 71.3 cm³/mol. The number of benzene rings is 1. The van der Waals surface area contributed by atoms with Crippen molar-refractivity contribution >= 4 is 11.9 Å². The molecule has 3 N–H and O–H groups in total. The zero-order chi connectivity index (χ0) is 14.5. The summed E-state index contributed by atoms with van der Waals surface area (Å²) < 4.78 is 0. The molecule has 0 bridgehead atoms. The van der Waals surface area contributed by atoms with E-state index in [-0.39, 0.29) is 11.1 Å². The van der Waals surface area contributed by atoms with E-state index >= 15 is 0 Å². The Morgan fingerprint density at radius 1 is 1.10 bits per heavy atom. The average molecular weight is 272 g/mol. The van der Waals surface area contributed by atoms with Crippen LogP contribution in [0.3, 0.4) is 0 Å². The van der Waals surface area contributed by atoms with Gasteiger partial charge in [-0.05, 0) is 11.6 Å². The number of amides is 1. The van der Waals surface area contributed by atoms with Gasteiger partial charge in [0.2, 0.25) is 5.56 Å². The highest BCUT2D eigenvalue weighted by molar-refractivity contribution is 5.96. The highest BCUT2D eigenvalue weighted by atomic mass is 16.4. The molecule has 1 aromatic heterocycles. The summed E-state index contributed by atoms with van der Waals surface area (Å²) in [5.41, 5.74) is 0.323. The van der Waals surface area contributed by atoms with Crippen LogP contribution in [0.25, 0.3) is 0 Å². The molecule has 1 amide bonds. The van der Waals surface area contributed by atoms with Crippen LogP contribution >= 0.6 is 0 Å². The number of aromatic amines is 1. The molecule has 20 heavy (non-hydrogen) atoms. The van der Waals surface area contributed by atoms with Gasteiger partial charge in [-0.3, -0.25) is 9.59 Å². The molecule has 0 aliphatic rings. The second-order valence-corrected chi connectivity index (χ2v) is 4.10. The van der Waals surface area contributed by atoms with Crippen molar-refractivity contribution in [1.82, 2.24) is 10.3 Å². The summed E-state index contributed by atoms with van der Waals surface area (Å²) in [4.78, 5) is 36.5. The van der Waals surface area contributed by atoms with Crippen LogP contribution in [-0.4, -0.2) is 22.0 Å². The lowest BCUT2D eigenvalue weighted by molar-refractivity contribution is -0.139. The van der Waals surface area contributed by atoms with Gasteiger partial charge in [-0.25, -0.2) is 4.79 Å². The molecule has 0 spiro atoms. The summed E-state index contributed by atoms with van der Waals surface area (Å²) in [5, 5.41) is 11.6. The zero-order valence-corrected chi connectivity index (χ0v) is 10.4. The molecule has 102 valence electrons. The fourth-order valence-electron chi connectivity index (χ4n) is 1.70. The molecule has 1 unspecified atom stereocenters. The third-order valence-corrected chi connectivity index (χ3v) is 2.70. The SMILES string of the molecule is O=C(NC(C(=O)O)c1ccccc1)c1ccc(=O)[nH]c1. The van der Waals surface area contributed by atoms with E-state index in [2.05, 4.69) is 10.3 Å². The number of carboxylic acids is 1. The fourth-order valence-corrected chi connectivity index (χ4v) is 1.70. The van der Waals surface area contributed by atoms with E-state index in [0.717, 1.165) is 0 Å². The lowest BCUT2D eigenvalue weighted by Crippen LogP contribution is -2.34. The van der Waals surface area contributed by atoms with Gasteiger partial charge >= 0.3 is 5.97 Å². The molecule has 0 aliphatic heterocycles. The molecule has 0 saturated carbocycles. The first-order valence-corrected chi connectivity index (χ1v) is 5.85. The van der Waals surface area contributed by atoms with Gasteiger partial charge in [-0.15, -0.1) is 0 Å². The zero-order valence-electron chi connectivity index (χ0n) is 10.4. The summed E-state index contributed by atoms with van der Waals surface area (Å²) in [6.07, 6.45) is 1.24. The number of pyridine rings is 1. The number of hydrogen-bond acceptors (Lipinski definition) is 3. The molecule has 1 aromatic carbocycles. The number of hydrogen-bond donors (Lipinski definition) is 3. The van der Waals surface area contributed by atoms with Crippen LogP contribution in [0, 0.1) is 0 Å². The van der Waals surface area contributed by atoms with Gasteiger partial charge in [0.25, 0.3) is 5.91 Å². The van der Waals surface area contributed by atoms with Crippen molar-refractivity contribution in [3.63, 3.8) is 0 Å². The maximum atomic E-state index is 11.9. The number of aliphatic carboxylic acids is 1. The van der Waals surface area contributed by atoms with Crippen molar-refractivity contribution in [2.45, 2.75) is 6.04 Å². The molecular formula is C14H12N2O4. The number of carbonyl (C=O) groups excluding carboxylic acids is 1. The minimum absolute atomic E-state index is 0.187. The molecule has 6 nitrogen and oxygen atoms in total. The number of carboxylic acid groups (broad SMARTS) is 1. The second kappa shape index (κ2) is 5.83. The predicted octanol–water partition coefficient (Wildman–Crippen LogP) is 0.931. The second-order valence-electron chi connectivity index (χ2n) is 4.10. The van der Waals surface area contributed by atoms with E-state index in [0.29, 0.717) is 5.56 Å². The number of nitrogens with one attached hydrogen (secondary N) is 2. The van der Waals surface area contributed by atoms with Crippen LogP contribution in [0.5, 0.6) is 0 Å². The van der Waals surface area contributed by atoms with Crippen LogP contribution in [0.2, 0.25) is 0 Å². The summed E-state index contributed by atoms with van der Waals surface area (Å²) in [5.74, 6) is -1.73. The Hall–Kier alpha value is -2.89. The van der Waals surface area contributed by atoms with Gasteiger partial charge in [-0.1, -0.05) is 30.3 Å². The maximum absolute atomic E-state index is 11.9. The van der Waals surface area contributed by atoms with Crippen molar-refractivity contribution in [3.8, 4) is 0 Å². The Labute approximate surface area is 114 Å². The molecule has 0 fully saturated rings. The van der Waals surface area contributed by atoms with E-state index in [1.165, 1.54) is 18.3 Å². The molecule has 1 atom stereocenters. The van der Waals surface area contributed by atoms with Crippen molar-refractivity contribution < 1.29 is 14.7 Å². The Balaban J connectivity index is 2.21. The molecule has 1 heterocycles. The number of H-pyrrole nitrogens is 1. The maximum Gasteiger partial charge on any atom is 0.330 e. The molecule has 2 aromatic rings. The normalized spacial score (nSPS) is 11.6. The van der Waals surface area contributed by atoms with E-state index in [1.807, 2.05) is 0 Å². The summed E-state index contributed by atoms with van der Waals surface area (Å²) >= 11 is 0. The van der Waals surface area contributed by atoms with Crippen LogP contribution in [0.1, 0.15) is 22.0 Å². The van der Waals surface area contributed by atoms with Crippen LogP contribution in [-0.2, 0) is 4.79 Å². The number of aromatic nitrogens is 1. The minimum atomic E-state index is -1.16. The minimum Gasteiger partial charge on any atom is -0.479 e. The van der Waals surface area contributed by atoms with E-state index in [9.17, 15) is 19.5 Å². The molecule has 6 heteroatoms. The standard InChI is InChI=1S/C14H12N2O4/c17-11-7-6-10(8-15-11)13(18)16-12(14(19)20)9-4-2-1-3-5-9/h1-8,12H,(H,15,17)(H,16,18)(H,19,20). The average Bonchev–Trinajstić information content (AvgIpc) is 2.46. The van der Waals surface area contributed by atoms with Gasteiger partial charge in [0, 0.05) is 12.3 Å². The van der Waals surface area contributed by atoms with Crippen molar-refractivity contribution in [2.24, 2.45) is 0 Å². The first-order valence-electron chi connectivity index (χ1n) is 5.85. The monoisotopic (exact) mass is 272 g/mol. The summed E-state index contributed by atoms with van der Waals surface area (Å²) in [6.45, 7) is 0. The first-order chi connectivity index (χ1) is 9.58. The molecule has 0 aliphatic carbocycles. The Bertz CT molecular complexity index is 659. The van der Waals surface area contributed by atoms with Crippen LogP contribution < -0.4 is 10.9 Å². The van der Waals surface area contributed by atoms with Crippen molar-refractivity contribution in [1.29, 1.82) is 0 Å². The van der Waals surface area contributed by atoms with Crippen molar-refractivity contribution in [2.75, 3.05) is 0 Å². The quantitative estimate of drug-likeness (QED) is 0.771. The highest BCUT2D eigenvalue weighted by Crippen LogP contribution is 2.13. The summed E-state index contributed by atoms with van der Waals surface area (Å²) in [6, 6.07) is 9.76. The third kappa shape index (κ3) is 3.11. The topological polar surface area (TPSA) is 99.3 Å². The van der Waals surface area contributed by atoms with Gasteiger partial charge in [0.15, 0.2) is 6.04 Å². The molecule has 2 rings (SSSR count). The third-order valence-electron chi connectivity index (χ3n) is 2.70. The lowest BCUT2D eigenvalue weighted by atomic mass is 10.1. The Morgan fingerprint density at radius 3 is 2.35 bits per heavy atom. The molecule has 0 radical (unpaired) electrons. The van der Waals surface area contributed by atoms with Gasteiger partial charge in [0.1, 0.15) is 0 Å². The van der Waals surface area contributed by atoms with E-state index < -0.39 is 17.9 Å². The largest absolute Gasteiger partial charge is 0.479 e. The molecular weight excluding hydrogens is 260 g/mol. The fraction of sp³-hybridized carbons (Fsp3) is 0.0714. The highest BCUT2D eigenvalue weighted by Gasteiger charge is 2.22. The number of rotatable bonds is 4. The van der Waals surface area contributed by atoms with Crippen LogP contribution in [0.4, 0.5) is 0 Å². The van der Waals surface area contributed by atoms with E-state index in [1.54, 1.807) is 30.3 Å². The summed E-state index contributed by atoms with van der Waals surface area (Å²) in [7, 11) is 0. The number of carbonyl (C=O) groups is 2. The van der Waals surface area contributed by atoms with Gasteiger partial charge in [0.05, 0.1) is 5.56 Å². The van der Waals surface area contributed by atoms with E-state index in [4.69, 9.17) is 0 Å². The van der Waals surface area contributed by atoms with Crippen molar-refractivity contribution in [3.05, 3.63) is 70.1 Å².